The third-order valence-corrected chi connectivity index (χ3v) is 5.34. The molecule has 5 nitrogen and oxygen atoms in total. The Morgan fingerprint density at radius 2 is 2.24 bits per heavy atom. The molecule has 2 aliphatic rings. The van der Waals surface area contributed by atoms with Gasteiger partial charge in [-0.15, -0.1) is 11.3 Å². The van der Waals surface area contributed by atoms with Gasteiger partial charge in [-0.25, -0.2) is 4.98 Å². The molecule has 1 saturated heterocycles. The fourth-order valence-electron chi connectivity index (χ4n) is 3.21. The molecule has 0 amide bonds. The lowest BCUT2D eigenvalue weighted by molar-refractivity contribution is 0.0721. The summed E-state index contributed by atoms with van der Waals surface area (Å²) in [6.07, 6.45) is 4.54. The van der Waals surface area contributed by atoms with E-state index in [0.717, 1.165) is 42.9 Å². The smallest absolute Gasteiger partial charge is 0.258 e. The zero-order chi connectivity index (χ0) is 14.4. The molecule has 0 radical (unpaired) electrons. The first-order chi connectivity index (χ1) is 10.2. The molecule has 2 aromatic rings. The van der Waals surface area contributed by atoms with Crippen LogP contribution in [0.4, 0.5) is 0 Å². The minimum Gasteiger partial charge on any atom is -0.298 e. The van der Waals surface area contributed by atoms with Gasteiger partial charge in [0, 0.05) is 55.9 Å². The Kier molecular flexibility index (Phi) is 3.32. The van der Waals surface area contributed by atoms with Crippen molar-refractivity contribution in [2.24, 2.45) is 0 Å². The molecule has 2 fully saturated rings. The maximum atomic E-state index is 12.0. The van der Waals surface area contributed by atoms with Crippen molar-refractivity contribution in [3.63, 3.8) is 0 Å². The molecule has 6 heteroatoms. The maximum absolute atomic E-state index is 12.0. The minimum atomic E-state index is 0.0283. The van der Waals surface area contributed by atoms with Crippen LogP contribution in [0.15, 0.2) is 22.4 Å². The zero-order valence-electron chi connectivity index (χ0n) is 12.2. The summed E-state index contributed by atoms with van der Waals surface area (Å²) in [6.45, 7) is 6.43. The Morgan fingerprint density at radius 1 is 1.38 bits per heavy atom. The van der Waals surface area contributed by atoms with E-state index in [2.05, 4.69) is 21.7 Å². The number of fused-ring (bicyclic) bond motifs is 1. The van der Waals surface area contributed by atoms with Crippen molar-refractivity contribution >= 4 is 16.3 Å². The van der Waals surface area contributed by atoms with Gasteiger partial charge >= 0.3 is 0 Å². The summed E-state index contributed by atoms with van der Waals surface area (Å²) in [7, 11) is 0. The van der Waals surface area contributed by atoms with Crippen LogP contribution in [0.1, 0.15) is 25.5 Å². The van der Waals surface area contributed by atoms with Crippen molar-refractivity contribution < 1.29 is 0 Å². The predicted molar refractivity (Wildman–Crippen MR) is 83.8 cm³/mol. The molecule has 0 N–H and O–H groups in total. The van der Waals surface area contributed by atoms with E-state index in [4.69, 9.17) is 0 Å². The van der Waals surface area contributed by atoms with E-state index >= 15 is 0 Å². The van der Waals surface area contributed by atoms with Crippen LogP contribution in [0.5, 0.6) is 0 Å². The van der Waals surface area contributed by atoms with Gasteiger partial charge in [-0.1, -0.05) is 0 Å². The predicted octanol–water partition coefficient (Wildman–Crippen LogP) is 1.42. The molecule has 21 heavy (non-hydrogen) atoms. The average molecular weight is 304 g/mol. The summed E-state index contributed by atoms with van der Waals surface area (Å²) >= 11 is 1.52. The van der Waals surface area contributed by atoms with Crippen LogP contribution in [-0.2, 0) is 6.54 Å². The largest absolute Gasteiger partial charge is 0.298 e. The summed E-state index contributed by atoms with van der Waals surface area (Å²) in [5.41, 5.74) is 0.926. The van der Waals surface area contributed by atoms with Gasteiger partial charge < -0.3 is 0 Å². The van der Waals surface area contributed by atoms with Crippen molar-refractivity contribution in [1.82, 2.24) is 19.2 Å². The molecule has 112 valence electrons. The molecular weight excluding hydrogens is 284 g/mol. The number of thiazole rings is 1. The first-order valence-electron chi connectivity index (χ1n) is 7.64. The van der Waals surface area contributed by atoms with Crippen LogP contribution in [0.3, 0.4) is 0 Å². The van der Waals surface area contributed by atoms with Gasteiger partial charge in [0.25, 0.3) is 5.56 Å². The van der Waals surface area contributed by atoms with E-state index in [1.165, 1.54) is 24.2 Å². The average Bonchev–Trinajstić information content (AvgIpc) is 3.20. The molecule has 3 heterocycles. The Labute approximate surface area is 127 Å². The number of nitrogens with zero attached hydrogens (tertiary/aromatic N) is 4. The fraction of sp³-hybridized carbons (Fsp3) is 0.600. The van der Waals surface area contributed by atoms with Crippen LogP contribution in [0.2, 0.25) is 0 Å². The van der Waals surface area contributed by atoms with Gasteiger partial charge in [-0.3, -0.25) is 19.0 Å². The highest BCUT2D eigenvalue weighted by Gasteiger charge is 2.33. The third-order valence-electron chi connectivity index (χ3n) is 4.58. The molecule has 2 aromatic heterocycles. The number of piperazine rings is 1. The van der Waals surface area contributed by atoms with Gasteiger partial charge in [-0.05, 0) is 19.8 Å². The van der Waals surface area contributed by atoms with Crippen molar-refractivity contribution in [2.75, 3.05) is 19.6 Å². The molecule has 1 saturated carbocycles. The maximum Gasteiger partial charge on any atom is 0.258 e. The Bertz CT molecular complexity index is 705. The van der Waals surface area contributed by atoms with Crippen molar-refractivity contribution in [3.8, 4) is 0 Å². The first kappa shape index (κ1) is 13.4. The summed E-state index contributed by atoms with van der Waals surface area (Å²) < 4.78 is 1.61. The highest BCUT2D eigenvalue weighted by atomic mass is 32.1. The lowest BCUT2D eigenvalue weighted by Gasteiger charge is -2.39. The molecule has 1 atom stereocenters. The number of rotatable bonds is 3. The van der Waals surface area contributed by atoms with Gasteiger partial charge in [0.05, 0.1) is 5.69 Å². The monoisotopic (exact) mass is 304 g/mol. The number of aromatic nitrogens is 2. The second-order valence-corrected chi connectivity index (χ2v) is 7.06. The quantitative estimate of drug-likeness (QED) is 0.860. The second kappa shape index (κ2) is 5.19. The van der Waals surface area contributed by atoms with Crippen LogP contribution < -0.4 is 5.56 Å². The summed E-state index contributed by atoms with van der Waals surface area (Å²) in [4.78, 5) is 22.5. The van der Waals surface area contributed by atoms with E-state index in [9.17, 15) is 4.79 Å². The molecule has 0 aromatic carbocycles. The standard InChI is InChI=1S/C15H20N4OS/c1-11-9-18(13-2-3-13)5-4-17(11)10-12-8-14(20)19-6-7-21-15(19)16-12/h6-8,11,13H,2-5,9-10H2,1H3. The first-order valence-corrected chi connectivity index (χ1v) is 8.52. The van der Waals surface area contributed by atoms with E-state index in [-0.39, 0.29) is 5.56 Å². The molecule has 0 bridgehead atoms. The van der Waals surface area contributed by atoms with Crippen LogP contribution in [0.25, 0.3) is 4.96 Å². The molecule has 1 aliphatic carbocycles. The molecule has 0 spiro atoms. The van der Waals surface area contributed by atoms with Crippen molar-refractivity contribution in [1.29, 1.82) is 0 Å². The van der Waals surface area contributed by atoms with Crippen LogP contribution in [0, 0.1) is 0 Å². The SMILES string of the molecule is CC1CN(C2CC2)CCN1Cc1cc(=O)n2ccsc2n1. The molecular formula is C15H20N4OS. The van der Waals surface area contributed by atoms with Gasteiger partial charge in [0.2, 0.25) is 0 Å². The Morgan fingerprint density at radius 3 is 3.00 bits per heavy atom. The van der Waals surface area contributed by atoms with Crippen molar-refractivity contribution in [3.05, 3.63) is 33.7 Å². The molecule has 1 unspecified atom stereocenters. The normalized spacial score (nSPS) is 24.7. The van der Waals surface area contributed by atoms with Gasteiger partial charge in [0.1, 0.15) is 0 Å². The number of hydrogen-bond acceptors (Lipinski definition) is 5. The van der Waals surface area contributed by atoms with E-state index in [0.29, 0.717) is 6.04 Å². The third kappa shape index (κ3) is 2.63. The summed E-state index contributed by atoms with van der Waals surface area (Å²) in [5.74, 6) is 0. The lowest BCUT2D eigenvalue weighted by Crippen LogP contribution is -2.52. The van der Waals surface area contributed by atoms with Crippen molar-refractivity contribution in [2.45, 2.75) is 38.4 Å². The lowest BCUT2D eigenvalue weighted by atomic mass is 10.1. The van der Waals surface area contributed by atoms with Gasteiger partial charge in [-0.2, -0.15) is 0 Å². The summed E-state index contributed by atoms with van der Waals surface area (Å²) in [6, 6.07) is 3.06. The topological polar surface area (TPSA) is 40.9 Å². The van der Waals surface area contributed by atoms with Gasteiger partial charge in [0.15, 0.2) is 4.96 Å². The number of hydrogen-bond donors (Lipinski definition) is 0. The fourth-order valence-corrected chi connectivity index (χ4v) is 3.95. The van der Waals surface area contributed by atoms with E-state index < -0.39 is 0 Å². The highest BCUT2D eigenvalue weighted by molar-refractivity contribution is 7.15. The summed E-state index contributed by atoms with van der Waals surface area (Å²) in [5, 5.41) is 1.91. The second-order valence-electron chi connectivity index (χ2n) is 6.19. The van der Waals surface area contributed by atoms with Crippen LogP contribution in [-0.4, -0.2) is 50.9 Å². The van der Waals surface area contributed by atoms with E-state index in [1.807, 2.05) is 5.38 Å². The minimum absolute atomic E-state index is 0.0283. The Balaban J connectivity index is 1.50. The highest BCUT2D eigenvalue weighted by Crippen LogP contribution is 2.29. The van der Waals surface area contributed by atoms with Crippen LogP contribution >= 0.6 is 11.3 Å². The zero-order valence-corrected chi connectivity index (χ0v) is 13.1. The van der Waals surface area contributed by atoms with E-state index in [1.54, 1.807) is 16.7 Å². The molecule has 1 aliphatic heterocycles. The molecule has 4 rings (SSSR count). The Hall–Kier alpha value is -1.24.